The van der Waals surface area contributed by atoms with E-state index < -0.39 is 0 Å². The lowest BCUT2D eigenvalue weighted by atomic mass is 10.0. The summed E-state index contributed by atoms with van der Waals surface area (Å²) >= 11 is 0. The summed E-state index contributed by atoms with van der Waals surface area (Å²) in [5.41, 5.74) is 6.00. The number of rotatable bonds is 1. The van der Waals surface area contributed by atoms with Gasteiger partial charge in [0.2, 0.25) is 5.69 Å². The first-order valence-corrected chi connectivity index (χ1v) is 5.49. The Morgan fingerprint density at radius 1 is 1.06 bits per heavy atom. The van der Waals surface area contributed by atoms with Gasteiger partial charge in [-0.3, -0.25) is 0 Å². The van der Waals surface area contributed by atoms with Gasteiger partial charge >= 0.3 is 0 Å². The van der Waals surface area contributed by atoms with Gasteiger partial charge in [0.25, 0.3) is 0 Å². The van der Waals surface area contributed by atoms with Crippen LogP contribution in [0.1, 0.15) is 17.0 Å². The second-order valence-corrected chi connectivity index (χ2v) is 4.21. The molecule has 0 radical (unpaired) electrons. The third kappa shape index (κ3) is 1.71. The van der Waals surface area contributed by atoms with E-state index in [2.05, 4.69) is 61.6 Å². The molecule has 0 aliphatic rings. The van der Waals surface area contributed by atoms with E-state index in [1.165, 1.54) is 22.5 Å². The fraction of sp³-hybridized carbons (Fsp3) is 0.286. The molecule has 0 fully saturated rings. The molecule has 1 heterocycles. The van der Waals surface area contributed by atoms with E-state index >= 15 is 0 Å². The molecule has 0 amide bonds. The maximum atomic E-state index is 4.44. The Hall–Kier alpha value is -1.70. The van der Waals surface area contributed by atoms with Crippen molar-refractivity contribution in [3.63, 3.8) is 0 Å². The molecule has 0 N–H and O–H groups in total. The number of aryl methyl sites for hydroxylation is 3. The zero-order chi connectivity index (χ0) is 11.7. The van der Waals surface area contributed by atoms with Crippen LogP contribution in [-0.4, -0.2) is 4.98 Å². The minimum Gasteiger partial charge on any atom is -0.248 e. The van der Waals surface area contributed by atoms with Gasteiger partial charge in [0.15, 0.2) is 5.69 Å². The zero-order valence-electron chi connectivity index (χ0n) is 10.3. The van der Waals surface area contributed by atoms with Crippen LogP contribution in [0.3, 0.4) is 0 Å². The molecule has 16 heavy (non-hydrogen) atoms. The van der Waals surface area contributed by atoms with E-state index in [1.54, 1.807) is 0 Å². The lowest BCUT2D eigenvalue weighted by Gasteiger charge is -2.07. The fourth-order valence-electron chi connectivity index (χ4n) is 1.97. The molecule has 82 valence electrons. The number of benzene rings is 1. The van der Waals surface area contributed by atoms with Crippen molar-refractivity contribution >= 4 is 0 Å². The molecule has 2 rings (SSSR count). The predicted molar refractivity (Wildman–Crippen MR) is 65.1 cm³/mol. The van der Waals surface area contributed by atoms with Gasteiger partial charge in [-0.2, -0.15) is 4.57 Å². The maximum Gasteiger partial charge on any atom is 0.234 e. The van der Waals surface area contributed by atoms with Gasteiger partial charge in [-0.05, 0) is 25.5 Å². The topological polar surface area (TPSA) is 16.8 Å². The van der Waals surface area contributed by atoms with Crippen LogP contribution in [0.5, 0.6) is 0 Å². The van der Waals surface area contributed by atoms with Crippen molar-refractivity contribution in [2.75, 3.05) is 0 Å². The Balaban J connectivity index is 2.74. The fourth-order valence-corrected chi connectivity index (χ4v) is 1.97. The van der Waals surface area contributed by atoms with Crippen molar-refractivity contribution < 1.29 is 4.57 Å². The van der Waals surface area contributed by atoms with Crippen molar-refractivity contribution in [3.05, 3.63) is 47.4 Å². The van der Waals surface area contributed by atoms with Crippen molar-refractivity contribution in [2.24, 2.45) is 7.05 Å². The Kier molecular flexibility index (Phi) is 2.73. The Labute approximate surface area is 96.6 Å². The number of aromatic nitrogens is 2. The Morgan fingerprint density at radius 3 is 2.44 bits per heavy atom. The molecule has 0 unspecified atom stereocenters. The minimum atomic E-state index is 1.07. The number of hydrogen-bond acceptors (Lipinski definition) is 1. The molecule has 2 aromatic rings. The van der Waals surface area contributed by atoms with Gasteiger partial charge in [-0.25, -0.2) is 4.98 Å². The maximum absolute atomic E-state index is 4.44. The molecule has 0 atom stereocenters. The first-order valence-electron chi connectivity index (χ1n) is 5.49. The van der Waals surface area contributed by atoms with Crippen molar-refractivity contribution in [3.8, 4) is 11.3 Å². The Morgan fingerprint density at radius 2 is 1.75 bits per heavy atom. The van der Waals surface area contributed by atoms with Crippen LogP contribution in [0.4, 0.5) is 0 Å². The number of nitrogens with zero attached hydrogens (tertiary/aromatic N) is 2. The SMILES string of the molecule is Cc1ccccc1-c1c(C)ncc(C)[n+]1C. The van der Waals surface area contributed by atoms with Gasteiger partial charge in [-0.15, -0.1) is 0 Å². The highest BCUT2D eigenvalue weighted by atomic mass is 15.0. The average Bonchev–Trinajstić information content (AvgIpc) is 2.27. The summed E-state index contributed by atoms with van der Waals surface area (Å²) in [7, 11) is 2.09. The van der Waals surface area contributed by atoms with Crippen LogP contribution in [-0.2, 0) is 7.05 Å². The van der Waals surface area contributed by atoms with Crippen LogP contribution in [0.25, 0.3) is 11.3 Å². The molecule has 0 aliphatic carbocycles. The molecule has 2 heteroatoms. The van der Waals surface area contributed by atoms with Gasteiger partial charge in [0.1, 0.15) is 12.7 Å². The average molecular weight is 213 g/mol. The molecule has 0 bridgehead atoms. The van der Waals surface area contributed by atoms with E-state index in [-0.39, 0.29) is 0 Å². The molecular weight excluding hydrogens is 196 g/mol. The van der Waals surface area contributed by atoms with Crippen LogP contribution >= 0.6 is 0 Å². The normalized spacial score (nSPS) is 10.5. The summed E-state index contributed by atoms with van der Waals surface area (Å²) in [4.78, 5) is 4.44. The highest BCUT2D eigenvalue weighted by Gasteiger charge is 2.17. The largest absolute Gasteiger partial charge is 0.248 e. The number of hydrogen-bond donors (Lipinski definition) is 0. The van der Waals surface area contributed by atoms with Gasteiger partial charge in [-0.1, -0.05) is 18.2 Å². The summed E-state index contributed by atoms with van der Waals surface area (Å²) in [5, 5.41) is 0. The van der Waals surface area contributed by atoms with Gasteiger partial charge in [0, 0.05) is 6.92 Å². The second kappa shape index (κ2) is 4.05. The molecule has 1 aromatic heterocycles. The first-order chi connectivity index (χ1) is 7.61. The molecule has 2 nitrogen and oxygen atoms in total. The predicted octanol–water partition coefficient (Wildman–Crippen LogP) is 2.50. The van der Waals surface area contributed by atoms with E-state index in [1.807, 2.05) is 6.20 Å². The summed E-state index contributed by atoms with van der Waals surface area (Å²) in [6.45, 7) is 6.27. The molecule has 1 aromatic carbocycles. The third-order valence-electron chi connectivity index (χ3n) is 3.05. The summed E-state index contributed by atoms with van der Waals surface area (Å²) < 4.78 is 2.20. The summed E-state index contributed by atoms with van der Waals surface area (Å²) in [6.07, 6.45) is 1.91. The summed E-state index contributed by atoms with van der Waals surface area (Å²) in [6, 6.07) is 8.43. The molecule has 0 aliphatic heterocycles. The standard InChI is InChI=1S/C14H17N2/c1-10-7-5-6-8-13(10)14-12(3)15-9-11(2)16(14)4/h5-9H,1-4H3/q+1. The van der Waals surface area contributed by atoms with Crippen molar-refractivity contribution in [2.45, 2.75) is 20.8 Å². The zero-order valence-corrected chi connectivity index (χ0v) is 10.3. The van der Waals surface area contributed by atoms with Crippen LogP contribution in [0.15, 0.2) is 30.5 Å². The summed E-state index contributed by atoms with van der Waals surface area (Å²) in [5.74, 6) is 0. The highest BCUT2D eigenvalue weighted by molar-refractivity contribution is 5.62. The second-order valence-electron chi connectivity index (χ2n) is 4.21. The van der Waals surface area contributed by atoms with E-state index in [4.69, 9.17) is 0 Å². The lowest BCUT2D eigenvalue weighted by Crippen LogP contribution is -2.36. The molecular formula is C14H17N2+. The smallest absolute Gasteiger partial charge is 0.234 e. The van der Waals surface area contributed by atoms with E-state index in [0.717, 1.165) is 5.69 Å². The third-order valence-corrected chi connectivity index (χ3v) is 3.05. The van der Waals surface area contributed by atoms with E-state index in [9.17, 15) is 0 Å². The van der Waals surface area contributed by atoms with E-state index in [0.29, 0.717) is 0 Å². The first kappa shape index (κ1) is 10.8. The molecule has 0 spiro atoms. The van der Waals surface area contributed by atoms with Crippen molar-refractivity contribution in [1.82, 2.24) is 4.98 Å². The van der Waals surface area contributed by atoms with Crippen LogP contribution < -0.4 is 4.57 Å². The highest BCUT2D eigenvalue weighted by Crippen LogP contribution is 2.21. The van der Waals surface area contributed by atoms with Crippen LogP contribution in [0, 0.1) is 20.8 Å². The quantitative estimate of drug-likeness (QED) is 0.665. The monoisotopic (exact) mass is 213 g/mol. The van der Waals surface area contributed by atoms with Gasteiger partial charge in [0.05, 0.1) is 11.8 Å². The van der Waals surface area contributed by atoms with Crippen LogP contribution in [0.2, 0.25) is 0 Å². The lowest BCUT2D eigenvalue weighted by molar-refractivity contribution is -0.667. The Bertz CT molecular complexity index is 530. The molecule has 0 saturated carbocycles. The molecule has 0 saturated heterocycles. The van der Waals surface area contributed by atoms with Crippen molar-refractivity contribution in [1.29, 1.82) is 0 Å². The van der Waals surface area contributed by atoms with Gasteiger partial charge < -0.3 is 0 Å². The minimum absolute atomic E-state index is 1.07.